The van der Waals surface area contributed by atoms with Gasteiger partial charge in [-0.1, -0.05) is 34.8 Å². The molecule has 0 saturated carbocycles. The van der Waals surface area contributed by atoms with Gasteiger partial charge in [0, 0.05) is 6.42 Å². The summed E-state index contributed by atoms with van der Waals surface area (Å²) in [6, 6.07) is 0. The summed E-state index contributed by atoms with van der Waals surface area (Å²) in [6.45, 7) is 0. The molecule has 1 nitrogen and oxygen atoms in total. The van der Waals surface area contributed by atoms with Crippen LogP contribution in [0.4, 0.5) is 0 Å². The summed E-state index contributed by atoms with van der Waals surface area (Å²) in [7, 11) is 0. The fourth-order valence-electron chi connectivity index (χ4n) is 0.773. The standard InChI is InChI=1S/C5H7Cl3O/c6-4-2-1-3-5(7,8)9-4/h4H,1-3H2. The van der Waals surface area contributed by atoms with Crippen molar-refractivity contribution in [2.24, 2.45) is 0 Å². The number of hydrogen-bond acceptors (Lipinski definition) is 1. The summed E-state index contributed by atoms with van der Waals surface area (Å²) in [5.74, 6) is 0. The quantitative estimate of drug-likeness (QED) is 0.533. The van der Waals surface area contributed by atoms with Gasteiger partial charge in [0.25, 0.3) is 0 Å². The molecule has 0 spiro atoms. The van der Waals surface area contributed by atoms with Gasteiger partial charge in [0.05, 0.1) is 0 Å². The van der Waals surface area contributed by atoms with E-state index in [1.54, 1.807) is 0 Å². The highest BCUT2D eigenvalue weighted by Crippen LogP contribution is 2.36. The predicted molar refractivity (Wildman–Crippen MR) is 39.0 cm³/mol. The fraction of sp³-hybridized carbons (Fsp3) is 1.00. The van der Waals surface area contributed by atoms with Crippen molar-refractivity contribution in [2.45, 2.75) is 29.3 Å². The number of alkyl halides is 3. The van der Waals surface area contributed by atoms with E-state index in [4.69, 9.17) is 39.5 Å². The Kier molecular flexibility index (Phi) is 2.49. The molecule has 4 heteroatoms. The van der Waals surface area contributed by atoms with E-state index in [0.29, 0.717) is 6.42 Å². The molecule has 1 heterocycles. The van der Waals surface area contributed by atoms with Gasteiger partial charge >= 0.3 is 0 Å². The predicted octanol–water partition coefficient (Wildman–Crippen LogP) is 2.88. The van der Waals surface area contributed by atoms with Gasteiger partial charge in [-0.3, -0.25) is 0 Å². The van der Waals surface area contributed by atoms with Crippen LogP contribution >= 0.6 is 34.8 Å². The van der Waals surface area contributed by atoms with E-state index in [1.807, 2.05) is 0 Å². The van der Waals surface area contributed by atoms with Crippen molar-refractivity contribution in [2.75, 3.05) is 0 Å². The molecule has 0 aliphatic carbocycles. The average molecular weight is 189 g/mol. The SMILES string of the molecule is ClC1CCCC(Cl)(Cl)O1. The van der Waals surface area contributed by atoms with Crippen LogP contribution in [0.1, 0.15) is 19.3 Å². The summed E-state index contributed by atoms with van der Waals surface area (Å²) < 4.78 is 3.93. The molecule has 0 amide bonds. The van der Waals surface area contributed by atoms with Gasteiger partial charge in [-0.2, -0.15) is 0 Å². The normalized spacial score (nSPS) is 34.3. The maximum Gasteiger partial charge on any atom is 0.218 e. The topological polar surface area (TPSA) is 9.23 Å². The van der Waals surface area contributed by atoms with E-state index in [1.165, 1.54) is 0 Å². The van der Waals surface area contributed by atoms with Gasteiger partial charge in [-0.25, -0.2) is 0 Å². The lowest BCUT2D eigenvalue weighted by molar-refractivity contribution is 0.0137. The van der Waals surface area contributed by atoms with Crippen molar-refractivity contribution in [3.8, 4) is 0 Å². The molecule has 1 saturated heterocycles. The number of ether oxygens (including phenoxy) is 1. The largest absolute Gasteiger partial charge is 0.327 e. The van der Waals surface area contributed by atoms with E-state index in [2.05, 4.69) is 0 Å². The molecule has 0 radical (unpaired) electrons. The van der Waals surface area contributed by atoms with E-state index in [9.17, 15) is 0 Å². The van der Waals surface area contributed by atoms with Crippen LogP contribution in [0.5, 0.6) is 0 Å². The van der Waals surface area contributed by atoms with Crippen molar-refractivity contribution in [3.63, 3.8) is 0 Å². The molecule has 1 aliphatic rings. The smallest absolute Gasteiger partial charge is 0.218 e. The van der Waals surface area contributed by atoms with E-state index < -0.39 is 4.52 Å². The van der Waals surface area contributed by atoms with Gasteiger partial charge in [0.2, 0.25) is 4.52 Å². The Bertz CT molecular complexity index is 104. The summed E-state index contributed by atoms with van der Waals surface area (Å²) in [4.78, 5) is 0. The molecule has 0 aromatic carbocycles. The van der Waals surface area contributed by atoms with Crippen molar-refractivity contribution in [1.29, 1.82) is 0 Å². The second kappa shape index (κ2) is 2.83. The zero-order valence-corrected chi connectivity index (χ0v) is 7.01. The van der Waals surface area contributed by atoms with Crippen LogP contribution in [-0.2, 0) is 4.74 Å². The molecule has 0 aromatic rings. The first kappa shape index (κ1) is 7.93. The van der Waals surface area contributed by atoms with Crippen LogP contribution in [0.3, 0.4) is 0 Å². The summed E-state index contributed by atoms with van der Waals surface area (Å²) >= 11 is 16.9. The Morgan fingerprint density at radius 2 is 2.11 bits per heavy atom. The maximum atomic E-state index is 5.63. The van der Waals surface area contributed by atoms with Gasteiger partial charge in [0.1, 0.15) is 5.56 Å². The van der Waals surface area contributed by atoms with Gasteiger partial charge in [0.15, 0.2) is 0 Å². The molecule has 1 atom stereocenters. The highest BCUT2D eigenvalue weighted by atomic mass is 35.5. The molecule has 1 rings (SSSR count). The van der Waals surface area contributed by atoms with Gasteiger partial charge in [-0.05, 0) is 12.8 Å². The van der Waals surface area contributed by atoms with Crippen LogP contribution in [0.25, 0.3) is 0 Å². The van der Waals surface area contributed by atoms with E-state index in [-0.39, 0.29) is 5.56 Å². The Labute approximate surface area is 69.2 Å². The Morgan fingerprint density at radius 3 is 2.44 bits per heavy atom. The number of halogens is 3. The third-order valence-electron chi connectivity index (χ3n) is 1.20. The zero-order chi connectivity index (χ0) is 6.91. The van der Waals surface area contributed by atoms with Crippen LogP contribution in [0.2, 0.25) is 0 Å². The molecule has 0 bridgehead atoms. The van der Waals surface area contributed by atoms with Crippen molar-refractivity contribution >= 4 is 34.8 Å². The fourth-order valence-corrected chi connectivity index (χ4v) is 1.65. The van der Waals surface area contributed by atoms with Crippen molar-refractivity contribution in [3.05, 3.63) is 0 Å². The van der Waals surface area contributed by atoms with E-state index in [0.717, 1.165) is 12.8 Å². The lowest BCUT2D eigenvalue weighted by Gasteiger charge is -2.28. The minimum Gasteiger partial charge on any atom is -0.327 e. The van der Waals surface area contributed by atoms with Crippen molar-refractivity contribution < 1.29 is 4.74 Å². The minimum atomic E-state index is -1.04. The molecular weight excluding hydrogens is 182 g/mol. The first-order valence-corrected chi connectivity index (χ1v) is 3.99. The van der Waals surface area contributed by atoms with Crippen LogP contribution in [-0.4, -0.2) is 10.1 Å². The number of rotatable bonds is 0. The van der Waals surface area contributed by atoms with E-state index >= 15 is 0 Å². The molecule has 0 N–H and O–H groups in total. The molecular formula is C5H7Cl3O. The first-order chi connectivity index (χ1) is 4.10. The Balaban J connectivity index is 2.41. The number of hydrogen-bond donors (Lipinski definition) is 0. The molecule has 9 heavy (non-hydrogen) atoms. The summed E-state index contributed by atoms with van der Waals surface area (Å²) in [6.07, 6.45) is 2.43. The molecule has 1 fully saturated rings. The van der Waals surface area contributed by atoms with Crippen molar-refractivity contribution in [1.82, 2.24) is 0 Å². The van der Waals surface area contributed by atoms with Crippen LogP contribution < -0.4 is 0 Å². The lowest BCUT2D eigenvalue weighted by atomic mass is 10.2. The summed E-state index contributed by atoms with van der Waals surface area (Å²) in [5, 5.41) is 0. The van der Waals surface area contributed by atoms with Crippen LogP contribution in [0.15, 0.2) is 0 Å². The lowest BCUT2D eigenvalue weighted by Crippen LogP contribution is -2.27. The zero-order valence-electron chi connectivity index (χ0n) is 4.74. The highest BCUT2D eigenvalue weighted by molar-refractivity contribution is 6.47. The third-order valence-corrected chi connectivity index (χ3v) is 2.06. The Hall–Kier alpha value is 0.830. The van der Waals surface area contributed by atoms with Crippen LogP contribution in [0, 0.1) is 0 Å². The Morgan fingerprint density at radius 1 is 1.44 bits per heavy atom. The monoisotopic (exact) mass is 188 g/mol. The second-order valence-corrected chi connectivity index (χ2v) is 3.96. The molecule has 54 valence electrons. The second-order valence-electron chi connectivity index (χ2n) is 2.06. The summed E-state index contributed by atoms with van der Waals surface area (Å²) in [5.41, 5.74) is -0.311. The average Bonchev–Trinajstić information content (AvgIpc) is 1.60. The minimum absolute atomic E-state index is 0.311. The highest BCUT2D eigenvalue weighted by Gasteiger charge is 2.31. The third kappa shape index (κ3) is 2.50. The maximum absolute atomic E-state index is 5.63. The van der Waals surface area contributed by atoms with Gasteiger partial charge in [-0.15, -0.1) is 0 Å². The molecule has 0 aromatic heterocycles. The molecule has 1 aliphatic heterocycles. The molecule has 1 unspecified atom stereocenters. The first-order valence-electron chi connectivity index (χ1n) is 2.80. The van der Waals surface area contributed by atoms with Gasteiger partial charge < -0.3 is 4.74 Å².